The summed E-state index contributed by atoms with van der Waals surface area (Å²) in [6.07, 6.45) is 0. The van der Waals surface area contributed by atoms with Crippen molar-refractivity contribution < 1.29 is 9.15 Å². The number of methoxy groups -OCH3 is 1. The van der Waals surface area contributed by atoms with Crippen LogP contribution in [0.4, 0.5) is 5.13 Å². The number of benzene rings is 2. The Labute approximate surface area is 175 Å². The standard InChI is InChI=1S/C21H16ClN3O3S/c1-12(13-6-8-15(22)9-7-13)24-25-21-23-17(11-29-21)16-10-14-4-3-5-18(27-2)19(14)28-20(16)26/h3-11H,1-2H3,(H,23,25)/b24-12-. The van der Waals surface area contributed by atoms with E-state index in [-0.39, 0.29) is 0 Å². The Morgan fingerprint density at radius 1 is 1.24 bits per heavy atom. The highest BCUT2D eigenvalue weighted by molar-refractivity contribution is 7.14. The number of rotatable bonds is 5. The van der Waals surface area contributed by atoms with Gasteiger partial charge < -0.3 is 9.15 Å². The summed E-state index contributed by atoms with van der Waals surface area (Å²) in [6, 6.07) is 14.6. The predicted octanol–water partition coefficient (Wildman–Crippen LogP) is 5.41. The first-order valence-electron chi connectivity index (χ1n) is 8.68. The molecule has 0 aliphatic carbocycles. The zero-order chi connectivity index (χ0) is 20.4. The first kappa shape index (κ1) is 19.2. The summed E-state index contributed by atoms with van der Waals surface area (Å²) in [5, 5.41) is 8.14. The van der Waals surface area contributed by atoms with Crippen molar-refractivity contribution in [2.24, 2.45) is 5.10 Å². The molecule has 4 rings (SSSR count). The zero-order valence-corrected chi connectivity index (χ0v) is 17.2. The molecule has 146 valence electrons. The molecule has 1 N–H and O–H groups in total. The average Bonchev–Trinajstić information content (AvgIpc) is 3.20. The van der Waals surface area contributed by atoms with Crippen LogP contribution in [0.2, 0.25) is 5.02 Å². The van der Waals surface area contributed by atoms with E-state index in [9.17, 15) is 4.79 Å². The number of hydrogen-bond acceptors (Lipinski definition) is 7. The molecule has 0 radical (unpaired) electrons. The van der Waals surface area contributed by atoms with Crippen LogP contribution in [0, 0.1) is 0 Å². The smallest absolute Gasteiger partial charge is 0.345 e. The highest BCUT2D eigenvalue weighted by atomic mass is 35.5. The van der Waals surface area contributed by atoms with Gasteiger partial charge in [0.25, 0.3) is 0 Å². The van der Waals surface area contributed by atoms with Crippen molar-refractivity contribution >= 4 is 44.8 Å². The Morgan fingerprint density at radius 3 is 2.79 bits per heavy atom. The molecule has 2 heterocycles. The molecule has 4 aromatic rings. The van der Waals surface area contributed by atoms with Crippen LogP contribution in [0.1, 0.15) is 12.5 Å². The fourth-order valence-electron chi connectivity index (χ4n) is 2.79. The maximum absolute atomic E-state index is 12.5. The van der Waals surface area contributed by atoms with Crippen LogP contribution in [0.25, 0.3) is 22.2 Å². The molecule has 0 bridgehead atoms. The SMILES string of the molecule is COc1cccc2cc(-c3csc(N/N=C(/C)c4ccc(Cl)cc4)n3)c(=O)oc12. The van der Waals surface area contributed by atoms with Crippen LogP contribution in [0.5, 0.6) is 5.75 Å². The molecule has 0 saturated carbocycles. The molecule has 8 heteroatoms. The molecule has 0 atom stereocenters. The predicted molar refractivity (Wildman–Crippen MR) is 117 cm³/mol. The van der Waals surface area contributed by atoms with Gasteiger partial charge in [0.15, 0.2) is 11.3 Å². The van der Waals surface area contributed by atoms with Gasteiger partial charge in [0, 0.05) is 15.8 Å². The van der Waals surface area contributed by atoms with E-state index in [1.54, 1.807) is 17.5 Å². The molecule has 0 saturated heterocycles. The number of nitrogens with zero attached hydrogens (tertiary/aromatic N) is 2. The maximum Gasteiger partial charge on any atom is 0.345 e. The molecule has 0 aliphatic rings. The van der Waals surface area contributed by atoms with Crippen LogP contribution in [-0.2, 0) is 0 Å². The van der Waals surface area contributed by atoms with Crippen molar-refractivity contribution in [3.63, 3.8) is 0 Å². The third-order valence-electron chi connectivity index (χ3n) is 4.31. The van der Waals surface area contributed by atoms with Crippen molar-refractivity contribution in [3.8, 4) is 17.0 Å². The largest absolute Gasteiger partial charge is 0.493 e. The molecule has 29 heavy (non-hydrogen) atoms. The lowest BCUT2D eigenvalue weighted by Gasteiger charge is -2.04. The molecular formula is C21H16ClN3O3S. The number of halogens is 1. The summed E-state index contributed by atoms with van der Waals surface area (Å²) in [7, 11) is 1.54. The van der Waals surface area contributed by atoms with Crippen LogP contribution in [0.3, 0.4) is 0 Å². The number of para-hydroxylation sites is 1. The topological polar surface area (TPSA) is 76.7 Å². The van der Waals surface area contributed by atoms with Crippen molar-refractivity contribution in [3.05, 3.63) is 74.9 Å². The Bertz CT molecular complexity index is 1260. The second-order valence-electron chi connectivity index (χ2n) is 6.18. The first-order valence-corrected chi connectivity index (χ1v) is 9.94. The zero-order valence-electron chi connectivity index (χ0n) is 15.6. The van der Waals surface area contributed by atoms with Crippen molar-refractivity contribution in [1.29, 1.82) is 0 Å². The van der Waals surface area contributed by atoms with E-state index >= 15 is 0 Å². The minimum Gasteiger partial charge on any atom is -0.493 e. The second-order valence-corrected chi connectivity index (χ2v) is 7.47. The van der Waals surface area contributed by atoms with Gasteiger partial charge in [-0.05, 0) is 36.8 Å². The van der Waals surface area contributed by atoms with Gasteiger partial charge >= 0.3 is 5.63 Å². The molecule has 2 aromatic heterocycles. The third-order valence-corrected chi connectivity index (χ3v) is 5.30. The first-order chi connectivity index (χ1) is 14.0. The quantitative estimate of drug-likeness (QED) is 0.262. The summed E-state index contributed by atoms with van der Waals surface area (Å²) < 4.78 is 10.7. The number of ether oxygens (including phenoxy) is 1. The van der Waals surface area contributed by atoms with E-state index in [0.717, 1.165) is 16.7 Å². The van der Waals surface area contributed by atoms with Gasteiger partial charge in [0.1, 0.15) is 0 Å². The Balaban J connectivity index is 1.60. The van der Waals surface area contributed by atoms with E-state index < -0.39 is 5.63 Å². The summed E-state index contributed by atoms with van der Waals surface area (Å²) in [5.41, 5.74) is 5.52. The minimum atomic E-state index is -0.473. The normalized spacial score (nSPS) is 11.6. The van der Waals surface area contributed by atoms with Gasteiger partial charge in [-0.15, -0.1) is 11.3 Å². The third kappa shape index (κ3) is 4.01. The lowest BCUT2D eigenvalue weighted by molar-refractivity contribution is 0.407. The number of fused-ring (bicyclic) bond motifs is 1. The molecule has 0 aliphatic heterocycles. The number of anilines is 1. The maximum atomic E-state index is 12.5. The highest BCUT2D eigenvalue weighted by Crippen LogP contribution is 2.29. The van der Waals surface area contributed by atoms with Crippen LogP contribution >= 0.6 is 22.9 Å². The molecule has 0 unspecified atom stereocenters. The number of nitrogens with one attached hydrogen (secondary N) is 1. The van der Waals surface area contributed by atoms with Crippen LogP contribution in [-0.4, -0.2) is 17.8 Å². The lowest BCUT2D eigenvalue weighted by Crippen LogP contribution is -2.04. The van der Waals surface area contributed by atoms with Gasteiger partial charge in [0.05, 0.1) is 24.1 Å². The van der Waals surface area contributed by atoms with Crippen molar-refractivity contribution in [1.82, 2.24) is 4.98 Å². The van der Waals surface area contributed by atoms with Crippen molar-refractivity contribution in [2.75, 3.05) is 12.5 Å². The van der Waals surface area contributed by atoms with E-state index in [0.29, 0.717) is 32.7 Å². The molecule has 0 fully saturated rings. The van der Waals surface area contributed by atoms with E-state index in [2.05, 4.69) is 15.5 Å². The lowest BCUT2D eigenvalue weighted by atomic mass is 10.1. The molecule has 6 nitrogen and oxygen atoms in total. The van der Waals surface area contributed by atoms with Gasteiger partial charge in [-0.2, -0.15) is 5.10 Å². The molecule has 0 amide bonds. The van der Waals surface area contributed by atoms with Gasteiger partial charge in [0.2, 0.25) is 5.13 Å². The van der Waals surface area contributed by atoms with Crippen LogP contribution < -0.4 is 15.8 Å². The average molecular weight is 426 g/mol. The monoisotopic (exact) mass is 425 g/mol. The van der Waals surface area contributed by atoms with Gasteiger partial charge in [-0.1, -0.05) is 35.9 Å². The van der Waals surface area contributed by atoms with E-state index in [4.69, 9.17) is 20.8 Å². The minimum absolute atomic E-state index is 0.383. The van der Waals surface area contributed by atoms with E-state index in [1.807, 2.05) is 43.3 Å². The summed E-state index contributed by atoms with van der Waals surface area (Å²) >= 11 is 7.26. The highest BCUT2D eigenvalue weighted by Gasteiger charge is 2.13. The number of thiazole rings is 1. The second kappa shape index (κ2) is 8.06. The fraction of sp³-hybridized carbons (Fsp3) is 0.0952. The molecule has 0 spiro atoms. The molecular weight excluding hydrogens is 410 g/mol. The van der Waals surface area contributed by atoms with Gasteiger partial charge in [-0.3, -0.25) is 5.43 Å². The summed E-state index contributed by atoms with van der Waals surface area (Å²) in [6.45, 7) is 1.89. The number of aromatic nitrogens is 1. The summed E-state index contributed by atoms with van der Waals surface area (Å²) in [5.74, 6) is 0.513. The van der Waals surface area contributed by atoms with Crippen LogP contribution in [0.15, 0.2) is 68.2 Å². The Hall–Kier alpha value is -3.16. The van der Waals surface area contributed by atoms with Gasteiger partial charge in [-0.25, -0.2) is 9.78 Å². The summed E-state index contributed by atoms with van der Waals surface area (Å²) in [4.78, 5) is 16.9. The molecule has 2 aromatic carbocycles. The Kier molecular flexibility index (Phi) is 5.33. The number of hydrazone groups is 1. The van der Waals surface area contributed by atoms with E-state index in [1.165, 1.54) is 18.4 Å². The Morgan fingerprint density at radius 2 is 2.03 bits per heavy atom. The number of hydrogen-bond donors (Lipinski definition) is 1. The van der Waals surface area contributed by atoms with Crippen molar-refractivity contribution in [2.45, 2.75) is 6.92 Å². The fourth-order valence-corrected chi connectivity index (χ4v) is 3.57.